The zero-order valence-electron chi connectivity index (χ0n) is 14.2. The van der Waals surface area contributed by atoms with Gasteiger partial charge < -0.3 is 15.0 Å². The van der Waals surface area contributed by atoms with Crippen molar-refractivity contribution in [2.75, 3.05) is 11.9 Å². The predicted octanol–water partition coefficient (Wildman–Crippen LogP) is 5.41. The Morgan fingerprint density at radius 2 is 1.85 bits per heavy atom. The summed E-state index contributed by atoms with van der Waals surface area (Å²) in [7, 11) is 0. The van der Waals surface area contributed by atoms with E-state index < -0.39 is 0 Å². The number of fused-ring (bicyclic) bond motifs is 3. The average molecular weight is 409 g/mol. The van der Waals surface area contributed by atoms with Gasteiger partial charge in [-0.2, -0.15) is 0 Å². The number of aromatic nitrogens is 1. The van der Waals surface area contributed by atoms with Crippen LogP contribution in [-0.4, -0.2) is 17.5 Å². The maximum Gasteiger partial charge on any atom is 0.262 e. The molecule has 0 aliphatic rings. The molecule has 0 aliphatic carbocycles. The van der Waals surface area contributed by atoms with Gasteiger partial charge in [-0.15, -0.1) is 0 Å². The molecule has 0 saturated heterocycles. The van der Waals surface area contributed by atoms with Crippen molar-refractivity contribution in [1.82, 2.24) is 4.98 Å². The maximum atomic E-state index is 12.2. The molecule has 1 amide bonds. The minimum absolute atomic E-state index is 0.0347. The molecular formula is C21H17BrN2O2. The van der Waals surface area contributed by atoms with Crippen molar-refractivity contribution in [2.24, 2.45) is 0 Å². The smallest absolute Gasteiger partial charge is 0.262 e. The van der Waals surface area contributed by atoms with Crippen molar-refractivity contribution in [3.05, 3.63) is 70.7 Å². The monoisotopic (exact) mass is 408 g/mol. The molecule has 26 heavy (non-hydrogen) atoms. The molecule has 4 aromatic rings. The highest BCUT2D eigenvalue weighted by atomic mass is 79.9. The Hall–Kier alpha value is -2.79. The van der Waals surface area contributed by atoms with Gasteiger partial charge in [0, 0.05) is 32.0 Å². The zero-order valence-corrected chi connectivity index (χ0v) is 15.8. The molecule has 0 spiro atoms. The SMILES string of the molecule is Cc1cc(OCC(=O)Nc2ccc3[nH]c4ccccc4c3c2)ccc1Br. The van der Waals surface area contributed by atoms with Crippen molar-refractivity contribution < 1.29 is 9.53 Å². The minimum Gasteiger partial charge on any atom is -0.484 e. The van der Waals surface area contributed by atoms with Crippen LogP contribution in [0.1, 0.15) is 5.56 Å². The van der Waals surface area contributed by atoms with Crippen LogP contribution < -0.4 is 10.1 Å². The number of anilines is 1. The second-order valence-corrected chi connectivity index (χ2v) is 7.03. The van der Waals surface area contributed by atoms with Gasteiger partial charge in [0.2, 0.25) is 0 Å². The number of para-hydroxylation sites is 1. The number of aryl methyl sites for hydroxylation is 1. The lowest BCUT2D eigenvalue weighted by Gasteiger charge is -2.09. The van der Waals surface area contributed by atoms with Crippen LogP contribution in [0.5, 0.6) is 5.75 Å². The Balaban J connectivity index is 1.48. The van der Waals surface area contributed by atoms with Crippen LogP contribution in [0, 0.1) is 6.92 Å². The first-order valence-electron chi connectivity index (χ1n) is 8.29. The van der Waals surface area contributed by atoms with E-state index in [0.29, 0.717) is 5.75 Å². The second-order valence-electron chi connectivity index (χ2n) is 6.18. The first-order valence-corrected chi connectivity index (χ1v) is 9.09. The number of halogens is 1. The van der Waals surface area contributed by atoms with Crippen LogP contribution in [0.4, 0.5) is 5.69 Å². The Labute approximate surface area is 159 Å². The van der Waals surface area contributed by atoms with Crippen LogP contribution in [0.2, 0.25) is 0 Å². The molecule has 0 radical (unpaired) electrons. The van der Waals surface area contributed by atoms with Gasteiger partial charge in [-0.25, -0.2) is 0 Å². The number of hydrogen-bond acceptors (Lipinski definition) is 2. The summed E-state index contributed by atoms with van der Waals surface area (Å²) in [5.74, 6) is 0.484. The molecule has 4 rings (SSSR count). The number of nitrogens with one attached hydrogen (secondary N) is 2. The van der Waals surface area contributed by atoms with E-state index in [0.717, 1.165) is 37.5 Å². The van der Waals surface area contributed by atoms with Gasteiger partial charge in [0.25, 0.3) is 5.91 Å². The lowest BCUT2D eigenvalue weighted by molar-refractivity contribution is -0.118. The highest BCUT2D eigenvalue weighted by Crippen LogP contribution is 2.27. The van der Waals surface area contributed by atoms with Gasteiger partial charge >= 0.3 is 0 Å². The Bertz CT molecular complexity index is 1120. The highest BCUT2D eigenvalue weighted by molar-refractivity contribution is 9.10. The normalized spacial score (nSPS) is 11.0. The lowest BCUT2D eigenvalue weighted by Crippen LogP contribution is -2.20. The zero-order chi connectivity index (χ0) is 18.1. The first-order chi connectivity index (χ1) is 12.6. The number of amides is 1. The van der Waals surface area contributed by atoms with E-state index >= 15 is 0 Å². The number of carbonyl (C=O) groups is 1. The number of aromatic amines is 1. The fourth-order valence-electron chi connectivity index (χ4n) is 2.98. The van der Waals surface area contributed by atoms with E-state index in [4.69, 9.17) is 4.74 Å². The van der Waals surface area contributed by atoms with Crippen LogP contribution in [-0.2, 0) is 4.79 Å². The van der Waals surface area contributed by atoms with Gasteiger partial charge in [0.15, 0.2) is 6.61 Å². The molecule has 4 nitrogen and oxygen atoms in total. The number of hydrogen-bond donors (Lipinski definition) is 2. The fourth-order valence-corrected chi connectivity index (χ4v) is 3.23. The Kier molecular flexibility index (Phi) is 4.39. The van der Waals surface area contributed by atoms with Crippen LogP contribution in [0.15, 0.2) is 65.1 Å². The third kappa shape index (κ3) is 3.30. The number of rotatable bonds is 4. The largest absolute Gasteiger partial charge is 0.484 e. The van der Waals surface area contributed by atoms with Crippen molar-refractivity contribution in [3.8, 4) is 5.75 Å². The Morgan fingerprint density at radius 3 is 2.69 bits per heavy atom. The quantitative estimate of drug-likeness (QED) is 0.474. The molecule has 3 aromatic carbocycles. The molecule has 1 heterocycles. The summed E-state index contributed by atoms with van der Waals surface area (Å²) in [6.45, 7) is 1.94. The van der Waals surface area contributed by atoms with Gasteiger partial charge in [0.05, 0.1) is 0 Å². The van der Waals surface area contributed by atoms with Crippen molar-refractivity contribution >= 4 is 49.3 Å². The molecule has 1 aromatic heterocycles. The number of benzene rings is 3. The molecule has 0 fully saturated rings. The third-order valence-electron chi connectivity index (χ3n) is 4.29. The van der Waals surface area contributed by atoms with Crippen molar-refractivity contribution in [1.29, 1.82) is 0 Å². The first kappa shape index (κ1) is 16.7. The van der Waals surface area contributed by atoms with Crippen molar-refractivity contribution in [3.63, 3.8) is 0 Å². The molecule has 0 aliphatic heterocycles. The molecule has 130 valence electrons. The fraction of sp³-hybridized carbons (Fsp3) is 0.0952. The number of ether oxygens (including phenoxy) is 1. The van der Waals surface area contributed by atoms with Crippen molar-refractivity contribution in [2.45, 2.75) is 6.92 Å². The molecule has 0 atom stereocenters. The number of carbonyl (C=O) groups excluding carboxylic acids is 1. The van der Waals surface area contributed by atoms with E-state index in [1.807, 2.05) is 61.5 Å². The standard InChI is InChI=1S/C21H17BrN2O2/c1-13-10-15(7-8-18(13)22)26-12-21(25)23-14-6-9-20-17(11-14)16-4-2-3-5-19(16)24-20/h2-11,24H,12H2,1H3,(H,23,25). The summed E-state index contributed by atoms with van der Waals surface area (Å²) in [4.78, 5) is 15.6. The van der Waals surface area contributed by atoms with E-state index in [1.54, 1.807) is 0 Å². The van der Waals surface area contributed by atoms with Gasteiger partial charge in [-0.3, -0.25) is 4.79 Å². The van der Waals surface area contributed by atoms with Gasteiger partial charge in [-0.1, -0.05) is 34.1 Å². The van der Waals surface area contributed by atoms with Crippen LogP contribution in [0.25, 0.3) is 21.8 Å². The van der Waals surface area contributed by atoms with E-state index in [-0.39, 0.29) is 12.5 Å². The predicted molar refractivity (Wildman–Crippen MR) is 109 cm³/mol. The molecular weight excluding hydrogens is 392 g/mol. The van der Waals surface area contributed by atoms with E-state index in [2.05, 4.69) is 32.3 Å². The third-order valence-corrected chi connectivity index (χ3v) is 5.18. The maximum absolute atomic E-state index is 12.2. The second kappa shape index (κ2) is 6.84. The van der Waals surface area contributed by atoms with Crippen LogP contribution in [0.3, 0.4) is 0 Å². The summed E-state index contributed by atoms with van der Waals surface area (Å²) in [6.07, 6.45) is 0. The lowest BCUT2D eigenvalue weighted by atomic mass is 10.1. The summed E-state index contributed by atoms with van der Waals surface area (Å²) < 4.78 is 6.59. The molecule has 0 saturated carbocycles. The minimum atomic E-state index is -0.190. The summed E-state index contributed by atoms with van der Waals surface area (Å²) in [6, 6.07) is 19.6. The summed E-state index contributed by atoms with van der Waals surface area (Å²) in [5, 5.41) is 5.12. The number of H-pyrrole nitrogens is 1. The topological polar surface area (TPSA) is 54.1 Å². The summed E-state index contributed by atoms with van der Waals surface area (Å²) in [5.41, 5.74) is 3.95. The van der Waals surface area contributed by atoms with E-state index in [9.17, 15) is 4.79 Å². The van der Waals surface area contributed by atoms with Gasteiger partial charge in [-0.05, 0) is 55.0 Å². The van der Waals surface area contributed by atoms with E-state index in [1.165, 1.54) is 0 Å². The summed E-state index contributed by atoms with van der Waals surface area (Å²) >= 11 is 3.45. The van der Waals surface area contributed by atoms with Gasteiger partial charge in [0.1, 0.15) is 5.75 Å². The van der Waals surface area contributed by atoms with Crippen LogP contribution >= 0.6 is 15.9 Å². The highest BCUT2D eigenvalue weighted by Gasteiger charge is 2.08. The molecule has 5 heteroatoms. The molecule has 0 unspecified atom stereocenters. The molecule has 0 bridgehead atoms. The average Bonchev–Trinajstić information content (AvgIpc) is 3.01. The molecule has 2 N–H and O–H groups in total. The Morgan fingerprint density at radius 1 is 1.04 bits per heavy atom.